The highest BCUT2D eigenvalue weighted by molar-refractivity contribution is 4.95. The molecule has 1 N–H and O–H groups in total. The molecule has 3 fully saturated rings. The van der Waals surface area contributed by atoms with Gasteiger partial charge in [0.15, 0.2) is 0 Å². The van der Waals surface area contributed by atoms with Gasteiger partial charge in [0.2, 0.25) is 0 Å². The van der Waals surface area contributed by atoms with Crippen molar-refractivity contribution in [3.05, 3.63) is 0 Å². The largest absolute Gasteiger partial charge is 0.378 e. The highest BCUT2D eigenvalue weighted by atomic mass is 16.6. The molecule has 0 aromatic heterocycles. The summed E-state index contributed by atoms with van der Waals surface area (Å²) in [4.78, 5) is 0. The highest BCUT2D eigenvalue weighted by Crippen LogP contribution is 2.39. The van der Waals surface area contributed by atoms with E-state index in [-0.39, 0.29) is 5.60 Å². The summed E-state index contributed by atoms with van der Waals surface area (Å²) in [5.41, 5.74) is 0.0712. The highest BCUT2D eigenvalue weighted by Gasteiger charge is 2.44. The number of rotatable bonds is 1. The van der Waals surface area contributed by atoms with Gasteiger partial charge in [0.25, 0.3) is 0 Å². The first kappa shape index (κ1) is 11.9. The van der Waals surface area contributed by atoms with Crippen molar-refractivity contribution in [2.75, 3.05) is 26.4 Å². The lowest BCUT2D eigenvalue weighted by Gasteiger charge is -2.44. The van der Waals surface area contributed by atoms with Crippen molar-refractivity contribution in [1.82, 2.24) is 5.32 Å². The van der Waals surface area contributed by atoms with Crippen LogP contribution in [0.5, 0.6) is 0 Å². The summed E-state index contributed by atoms with van der Waals surface area (Å²) in [6, 6.07) is 0.713. The molecule has 3 aliphatic rings. The van der Waals surface area contributed by atoms with Crippen LogP contribution in [-0.2, 0) is 9.47 Å². The molecule has 1 spiro atoms. The fraction of sp³-hybridized carbons (Fsp3) is 1.00. The predicted octanol–water partition coefficient (Wildman–Crippen LogP) is 1.96. The number of piperidine rings is 1. The van der Waals surface area contributed by atoms with Crippen LogP contribution in [0.1, 0.15) is 39.0 Å². The van der Waals surface area contributed by atoms with E-state index in [1.807, 2.05) is 0 Å². The Balaban J connectivity index is 1.66. The van der Waals surface area contributed by atoms with E-state index in [2.05, 4.69) is 12.2 Å². The van der Waals surface area contributed by atoms with Crippen molar-refractivity contribution in [1.29, 1.82) is 0 Å². The summed E-state index contributed by atoms with van der Waals surface area (Å²) in [5.74, 6) is 1.62. The van der Waals surface area contributed by atoms with Gasteiger partial charge in [-0.3, -0.25) is 0 Å². The third-order valence-electron chi connectivity index (χ3n) is 4.94. The summed E-state index contributed by atoms with van der Waals surface area (Å²) in [6.07, 6.45) is 6.26. The maximum atomic E-state index is 6.03. The van der Waals surface area contributed by atoms with Crippen molar-refractivity contribution >= 4 is 0 Å². The van der Waals surface area contributed by atoms with Crippen molar-refractivity contribution in [2.24, 2.45) is 11.8 Å². The summed E-state index contributed by atoms with van der Waals surface area (Å²) >= 11 is 0. The minimum absolute atomic E-state index is 0.0712. The van der Waals surface area contributed by atoms with E-state index in [0.717, 1.165) is 38.1 Å². The molecule has 0 aromatic carbocycles. The van der Waals surface area contributed by atoms with Crippen molar-refractivity contribution < 1.29 is 9.47 Å². The molecule has 0 radical (unpaired) electrons. The van der Waals surface area contributed by atoms with E-state index >= 15 is 0 Å². The van der Waals surface area contributed by atoms with Crippen LogP contribution in [0.25, 0.3) is 0 Å². The first-order valence-electron chi connectivity index (χ1n) is 7.24. The van der Waals surface area contributed by atoms with E-state index in [0.29, 0.717) is 6.04 Å². The molecular formula is C14H25NO2. The maximum absolute atomic E-state index is 6.03. The molecule has 3 heterocycles. The molecular weight excluding hydrogens is 214 g/mol. The second-order valence-electron chi connectivity index (χ2n) is 6.19. The third-order valence-corrected chi connectivity index (χ3v) is 4.94. The van der Waals surface area contributed by atoms with Gasteiger partial charge in [-0.25, -0.2) is 0 Å². The zero-order valence-corrected chi connectivity index (χ0v) is 10.9. The Kier molecular flexibility index (Phi) is 3.42. The van der Waals surface area contributed by atoms with E-state index in [4.69, 9.17) is 9.47 Å². The van der Waals surface area contributed by atoms with Gasteiger partial charge >= 0.3 is 0 Å². The molecule has 4 unspecified atom stereocenters. The van der Waals surface area contributed by atoms with Gasteiger partial charge in [0.1, 0.15) is 0 Å². The van der Waals surface area contributed by atoms with Gasteiger partial charge in [-0.05, 0) is 44.1 Å². The Morgan fingerprint density at radius 3 is 2.94 bits per heavy atom. The van der Waals surface area contributed by atoms with Gasteiger partial charge in [-0.2, -0.15) is 0 Å². The predicted molar refractivity (Wildman–Crippen MR) is 67.0 cm³/mol. The van der Waals surface area contributed by atoms with Gasteiger partial charge < -0.3 is 14.8 Å². The SMILES string of the molecule is CC1CCCNC1C1CCOC2(CCOC2)C1. The van der Waals surface area contributed by atoms with Crippen molar-refractivity contribution in [2.45, 2.75) is 50.7 Å². The normalized spacial score (nSPS) is 47.5. The maximum Gasteiger partial charge on any atom is 0.0939 e. The molecule has 3 saturated heterocycles. The molecule has 3 nitrogen and oxygen atoms in total. The van der Waals surface area contributed by atoms with Crippen LogP contribution in [0.4, 0.5) is 0 Å². The molecule has 4 atom stereocenters. The molecule has 0 aliphatic carbocycles. The van der Waals surface area contributed by atoms with Gasteiger partial charge in [0.05, 0.1) is 12.2 Å². The van der Waals surface area contributed by atoms with E-state index in [1.165, 1.54) is 32.2 Å². The fourth-order valence-corrected chi connectivity index (χ4v) is 3.94. The molecule has 3 aliphatic heterocycles. The quantitative estimate of drug-likeness (QED) is 0.759. The summed E-state index contributed by atoms with van der Waals surface area (Å²) in [5, 5.41) is 3.75. The van der Waals surface area contributed by atoms with Crippen LogP contribution in [0.3, 0.4) is 0 Å². The smallest absolute Gasteiger partial charge is 0.0939 e. The van der Waals surface area contributed by atoms with Crippen LogP contribution in [0.2, 0.25) is 0 Å². The van der Waals surface area contributed by atoms with Crippen LogP contribution in [0.15, 0.2) is 0 Å². The summed E-state index contributed by atoms with van der Waals surface area (Å²) in [7, 11) is 0. The van der Waals surface area contributed by atoms with Gasteiger partial charge in [-0.15, -0.1) is 0 Å². The topological polar surface area (TPSA) is 30.5 Å². The monoisotopic (exact) mass is 239 g/mol. The van der Waals surface area contributed by atoms with Crippen LogP contribution >= 0.6 is 0 Å². The number of ether oxygens (including phenoxy) is 2. The second kappa shape index (κ2) is 4.87. The molecule has 0 amide bonds. The molecule has 0 saturated carbocycles. The first-order chi connectivity index (χ1) is 8.29. The molecule has 0 aromatic rings. The Labute approximate surface area is 104 Å². The minimum atomic E-state index is 0.0712. The Hall–Kier alpha value is -0.120. The Bertz CT molecular complexity index is 263. The molecule has 98 valence electrons. The average molecular weight is 239 g/mol. The van der Waals surface area contributed by atoms with Crippen LogP contribution in [0, 0.1) is 11.8 Å². The molecule has 3 rings (SSSR count). The lowest BCUT2D eigenvalue weighted by atomic mass is 9.75. The van der Waals surface area contributed by atoms with E-state index in [9.17, 15) is 0 Å². The summed E-state index contributed by atoms with van der Waals surface area (Å²) in [6.45, 7) is 6.25. The van der Waals surface area contributed by atoms with Crippen LogP contribution in [-0.4, -0.2) is 38.0 Å². The first-order valence-corrected chi connectivity index (χ1v) is 7.24. The van der Waals surface area contributed by atoms with Crippen molar-refractivity contribution in [3.63, 3.8) is 0 Å². The standard InChI is InChI=1S/C14H25NO2/c1-11-3-2-6-15-13(11)12-4-7-17-14(9-12)5-8-16-10-14/h11-13,15H,2-10H2,1H3. The number of nitrogens with one attached hydrogen (secondary N) is 1. The average Bonchev–Trinajstić information content (AvgIpc) is 2.78. The second-order valence-corrected chi connectivity index (χ2v) is 6.19. The van der Waals surface area contributed by atoms with Gasteiger partial charge in [-0.1, -0.05) is 6.92 Å². The van der Waals surface area contributed by atoms with E-state index < -0.39 is 0 Å². The molecule has 17 heavy (non-hydrogen) atoms. The van der Waals surface area contributed by atoms with Crippen molar-refractivity contribution in [3.8, 4) is 0 Å². The lowest BCUT2D eigenvalue weighted by molar-refractivity contribution is -0.106. The third kappa shape index (κ3) is 2.38. The number of hydrogen-bond donors (Lipinski definition) is 1. The number of hydrogen-bond acceptors (Lipinski definition) is 3. The Morgan fingerprint density at radius 2 is 2.18 bits per heavy atom. The summed E-state index contributed by atoms with van der Waals surface area (Å²) < 4.78 is 11.6. The zero-order valence-electron chi connectivity index (χ0n) is 10.9. The Morgan fingerprint density at radius 1 is 1.24 bits per heavy atom. The zero-order chi connectivity index (χ0) is 11.7. The fourth-order valence-electron chi connectivity index (χ4n) is 3.94. The van der Waals surface area contributed by atoms with Crippen LogP contribution < -0.4 is 5.32 Å². The minimum Gasteiger partial charge on any atom is -0.378 e. The lowest BCUT2D eigenvalue weighted by Crippen LogP contribution is -2.51. The molecule has 0 bridgehead atoms. The molecule has 3 heteroatoms. The van der Waals surface area contributed by atoms with Gasteiger partial charge in [0, 0.05) is 25.7 Å². The van der Waals surface area contributed by atoms with E-state index in [1.54, 1.807) is 0 Å².